The average molecular weight is 483 g/mol. The monoisotopic (exact) mass is 483 g/mol. The highest BCUT2D eigenvalue weighted by atomic mass is 19.3. The highest BCUT2D eigenvalue weighted by molar-refractivity contribution is 5.81. The molecule has 0 aliphatic heterocycles. The summed E-state index contributed by atoms with van der Waals surface area (Å²) < 4.78 is 37.2. The van der Waals surface area contributed by atoms with Crippen LogP contribution >= 0.6 is 0 Å². The predicted octanol–water partition coefficient (Wildman–Crippen LogP) is 4.30. The average Bonchev–Trinajstić information content (AvgIpc) is 3.19. The molecule has 4 aromatic rings. The van der Waals surface area contributed by atoms with Gasteiger partial charge >= 0.3 is 12.4 Å². The van der Waals surface area contributed by atoms with Gasteiger partial charge in [-0.15, -0.1) is 4.68 Å². The standard InChI is InChI=1S/C23H19F2N5O5/c1-3-34-11-10-18-20(14-4-7-17(8-5-14)35-23(24)25)22(31)29(27-21(18)30(32)33)16-6-9-19-15(12-16)13-28(2)26-19/h4-13,23H,3H2,1-2H3/b11-10+. The Bertz CT molecular complexity index is 1480. The van der Waals surface area contributed by atoms with E-state index in [1.54, 1.807) is 43.0 Å². The molecule has 0 unspecified atom stereocenters. The fraction of sp³-hybridized carbons (Fsp3) is 0.174. The van der Waals surface area contributed by atoms with Gasteiger partial charge in [-0.25, -0.2) is 0 Å². The fourth-order valence-corrected chi connectivity index (χ4v) is 3.56. The zero-order valence-electron chi connectivity index (χ0n) is 18.6. The number of aromatic nitrogens is 4. The van der Waals surface area contributed by atoms with Gasteiger partial charge in [0.2, 0.25) is 0 Å². The van der Waals surface area contributed by atoms with Crippen LogP contribution in [0.15, 0.2) is 59.7 Å². The lowest BCUT2D eigenvalue weighted by atomic mass is 10.0. The molecule has 4 rings (SSSR count). The van der Waals surface area contributed by atoms with Gasteiger partial charge in [-0.1, -0.05) is 12.1 Å². The predicted molar refractivity (Wildman–Crippen MR) is 123 cm³/mol. The lowest BCUT2D eigenvalue weighted by Gasteiger charge is -2.10. The Labute approximate surface area is 196 Å². The number of nitro groups is 1. The molecule has 0 bridgehead atoms. The Morgan fingerprint density at radius 2 is 1.91 bits per heavy atom. The number of benzene rings is 2. The minimum atomic E-state index is -3.02. The summed E-state index contributed by atoms with van der Waals surface area (Å²) in [6, 6.07) is 10.1. The molecule has 0 amide bonds. The molecule has 0 fully saturated rings. The summed E-state index contributed by atoms with van der Waals surface area (Å²) in [7, 11) is 1.74. The van der Waals surface area contributed by atoms with Gasteiger partial charge in [-0.05, 0) is 53.8 Å². The minimum Gasteiger partial charge on any atom is -0.501 e. The summed E-state index contributed by atoms with van der Waals surface area (Å²) in [4.78, 5) is 24.9. The molecule has 0 saturated carbocycles. The summed E-state index contributed by atoms with van der Waals surface area (Å²) in [5, 5.41) is 21.0. The summed E-state index contributed by atoms with van der Waals surface area (Å²) in [6.07, 6.45) is 4.25. The molecule has 0 atom stereocenters. The smallest absolute Gasteiger partial charge is 0.397 e. The second-order valence-electron chi connectivity index (χ2n) is 7.29. The maximum absolute atomic E-state index is 13.6. The van der Waals surface area contributed by atoms with Gasteiger partial charge in [0.25, 0.3) is 5.56 Å². The first-order valence-electron chi connectivity index (χ1n) is 10.4. The van der Waals surface area contributed by atoms with Crippen LogP contribution in [0, 0.1) is 10.1 Å². The number of halogens is 2. The molecular weight excluding hydrogens is 464 g/mol. The van der Waals surface area contributed by atoms with E-state index in [1.807, 2.05) is 0 Å². The first-order valence-corrected chi connectivity index (χ1v) is 10.4. The van der Waals surface area contributed by atoms with E-state index in [-0.39, 0.29) is 28.1 Å². The van der Waals surface area contributed by atoms with Crippen LogP contribution in [0.5, 0.6) is 5.75 Å². The molecule has 12 heteroatoms. The highest BCUT2D eigenvalue weighted by Crippen LogP contribution is 2.30. The van der Waals surface area contributed by atoms with Crippen LogP contribution in [0.2, 0.25) is 0 Å². The lowest BCUT2D eigenvalue weighted by Crippen LogP contribution is -2.25. The topological polar surface area (TPSA) is 114 Å². The number of fused-ring (bicyclic) bond motifs is 1. The van der Waals surface area contributed by atoms with Crippen molar-refractivity contribution in [2.75, 3.05) is 6.61 Å². The van der Waals surface area contributed by atoms with Crippen molar-refractivity contribution in [2.24, 2.45) is 7.05 Å². The largest absolute Gasteiger partial charge is 0.501 e. The van der Waals surface area contributed by atoms with Crippen molar-refractivity contribution in [1.82, 2.24) is 19.6 Å². The van der Waals surface area contributed by atoms with E-state index < -0.39 is 22.9 Å². The molecule has 0 N–H and O–H groups in total. The third-order valence-corrected chi connectivity index (χ3v) is 5.00. The van der Waals surface area contributed by atoms with Crippen molar-refractivity contribution in [2.45, 2.75) is 13.5 Å². The van der Waals surface area contributed by atoms with Gasteiger partial charge in [-0.2, -0.15) is 13.9 Å². The molecule has 10 nitrogen and oxygen atoms in total. The number of hydrogen-bond acceptors (Lipinski definition) is 7. The van der Waals surface area contributed by atoms with Crippen molar-refractivity contribution < 1.29 is 23.2 Å². The first-order chi connectivity index (χ1) is 16.8. The van der Waals surface area contributed by atoms with Gasteiger partial charge in [-0.3, -0.25) is 9.48 Å². The van der Waals surface area contributed by atoms with Crippen LogP contribution in [-0.2, 0) is 11.8 Å². The second-order valence-corrected chi connectivity index (χ2v) is 7.29. The number of rotatable bonds is 8. The van der Waals surface area contributed by atoms with Crippen molar-refractivity contribution >= 4 is 22.8 Å². The van der Waals surface area contributed by atoms with Gasteiger partial charge in [0, 0.05) is 18.6 Å². The molecule has 0 radical (unpaired) electrons. The van der Waals surface area contributed by atoms with Crippen molar-refractivity contribution in [3.8, 4) is 22.6 Å². The van der Waals surface area contributed by atoms with E-state index in [0.717, 1.165) is 4.68 Å². The van der Waals surface area contributed by atoms with E-state index >= 15 is 0 Å². The number of alkyl halides is 2. The van der Waals surface area contributed by atoms with Crippen molar-refractivity contribution in [3.05, 3.63) is 81.0 Å². The van der Waals surface area contributed by atoms with Gasteiger partial charge < -0.3 is 19.6 Å². The molecule has 0 saturated heterocycles. The maximum atomic E-state index is 13.6. The first kappa shape index (κ1) is 23.5. The summed E-state index contributed by atoms with van der Waals surface area (Å²) in [5.74, 6) is -0.712. The number of aryl methyl sites for hydroxylation is 1. The van der Waals surface area contributed by atoms with E-state index in [0.29, 0.717) is 17.5 Å². The lowest BCUT2D eigenvalue weighted by molar-refractivity contribution is -0.390. The molecule has 2 aromatic carbocycles. The Kier molecular flexibility index (Phi) is 6.53. The maximum Gasteiger partial charge on any atom is 0.397 e. The molecule has 0 aliphatic carbocycles. The van der Waals surface area contributed by atoms with Crippen LogP contribution in [-0.4, -0.2) is 37.7 Å². The number of nitrogens with zero attached hydrogens (tertiary/aromatic N) is 5. The zero-order chi connectivity index (χ0) is 25.1. The highest BCUT2D eigenvalue weighted by Gasteiger charge is 2.27. The van der Waals surface area contributed by atoms with Gasteiger partial charge in [0.05, 0.1) is 40.3 Å². The van der Waals surface area contributed by atoms with Crippen LogP contribution in [0.4, 0.5) is 14.6 Å². The summed E-state index contributed by atoms with van der Waals surface area (Å²) in [5.41, 5.74) is 0.405. The molecule has 35 heavy (non-hydrogen) atoms. The molecule has 0 spiro atoms. The Morgan fingerprint density at radius 3 is 2.57 bits per heavy atom. The molecular formula is C23H19F2N5O5. The van der Waals surface area contributed by atoms with Crippen molar-refractivity contribution in [3.63, 3.8) is 0 Å². The molecule has 180 valence electrons. The van der Waals surface area contributed by atoms with Crippen LogP contribution in [0.3, 0.4) is 0 Å². The molecule has 2 aromatic heterocycles. The normalized spacial score (nSPS) is 11.5. The Morgan fingerprint density at radius 1 is 1.17 bits per heavy atom. The van der Waals surface area contributed by atoms with Crippen LogP contribution in [0.1, 0.15) is 12.5 Å². The van der Waals surface area contributed by atoms with E-state index in [2.05, 4.69) is 14.9 Å². The minimum absolute atomic E-state index is 0.0578. The summed E-state index contributed by atoms with van der Waals surface area (Å²) in [6.45, 7) is -0.992. The second kappa shape index (κ2) is 9.71. The van der Waals surface area contributed by atoms with Gasteiger partial charge in [0.1, 0.15) is 5.75 Å². The third-order valence-electron chi connectivity index (χ3n) is 5.00. The quantitative estimate of drug-likeness (QED) is 0.208. The third kappa shape index (κ3) is 4.86. The number of ether oxygens (including phenoxy) is 2. The SMILES string of the molecule is CCO/C=C/c1c([N+](=O)[O-])nn(-c2ccc3nn(C)cc3c2)c(=O)c1-c1ccc(OC(F)F)cc1. The molecule has 2 heterocycles. The van der Waals surface area contributed by atoms with Crippen molar-refractivity contribution in [1.29, 1.82) is 0 Å². The van der Waals surface area contributed by atoms with E-state index in [1.165, 1.54) is 36.6 Å². The Hall–Kier alpha value is -4.61. The van der Waals surface area contributed by atoms with Crippen LogP contribution < -0.4 is 10.3 Å². The van der Waals surface area contributed by atoms with E-state index in [9.17, 15) is 23.7 Å². The van der Waals surface area contributed by atoms with Gasteiger partial charge in [0.15, 0.2) is 0 Å². The summed E-state index contributed by atoms with van der Waals surface area (Å²) >= 11 is 0. The Balaban J connectivity index is 1.97. The number of hydrogen-bond donors (Lipinski definition) is 0. The zero-order valence-corrected chi connectivity index (χ0v) is 18.6. The van der Waals surface area contributed by atoms with Crippen LogP contribution in [0.25, 0.3) is 33.8 Å². The molecule has 0 aliphatic rings. The fourth-order valence-electron chi connectivity index (χ4n) is 3.56. The van der Waals surface area contributed by atoms with E-state index in [4.69, 9.17) is 4.74 Å².